The minimum Gasteiger partial charge on any atom is -0.465 e. The first-order valence-electron chi connectivity index (χ1n) is 11.3. The molecule has 182 valence electrons. The van der Waals surface area contributed by atoms with Crippen LogP contribution in [0.4, 0.5) is 0 Å². The number of thioether (sulfide) groups is 2. The maximum atomic E-state index is 13.6. The average molecular weight is 516 g/mol. The third-order valence-electron chi connectivity index (χ3n) is 5.67. The van der Waals surface area contributed by atoms with Crippen LogP contribution in [0.25, 0.3) is 0 Å². The molecule has 0 bridgehead atoms. The molecule has 0 unspecified atom stereocenters. The van der Waals surface area contributed by atoms with Crippen LogP contribution in [0.5, 0.6) is 0 Å². The van der Waals surface area contributed by atoms with Gasteiger partial charge in [-0.1, -0.05) is 54.6 Å². The molecule has 0 aliphatic heterocycles. The molecule has 36 heavy (non-hydrogen) atoms. The van der Waals surface area contributed by atoms with Gasteiger partial charge in [-0.2, -0.15) is 0 Å². The predicted molar refractivity (Wildman–Crippen MR) is 144 cm³/mol. The fourth-order valence-electron chi connectivity index (χ4n) is 3.95. The van der Waals surface area contributed by atoms with Crippen molar-refractivity contribution in [1.82, 2.24) is 4.98 Å². The van der Waals surface area contributed by atoms with Crippen LogP contribution in [0.2, 0.25) is 0 Å². The van der Waals surface area contributed by atoms with E-state index in [1.165, 1.54) is 12.7 Å². The van der Waals surface area contributed by atoms with Crippen LogP contribution < -0.4 is 0 Å². The van der Waals surface area contributed by atoms with E-state index in [1.54, 1.807) is 49.9 Å². The van der Waals surface area contributed by atoms with Crippen LogP contribution in [0.3, 0.4) is 0 Å². The van der Waals surface area contributed by atoms with Crippen LogP contribution in [-0.4, -0.2) is 29.0 Å². The zero-order valence-corrected chi connectivity index (χ0v) is 21.8. The molecule has 1 N–H and O–H groups in total. The molecule has 4 rings (SSSR count). The van der Waals surface area contributed by atoms with Crippen LogP contribution in [0.1, 0.15) is 53.6 Å². The number of ketones is 1. The van der Waals surface area contributed by atoms with E-state index < -0.39 is 5.97 Å². The lowest BCUT2D eigenvalue weighted by atomic mass is 9.99. The molecule has 0 fully saturated rings. The van der Waals surface area contributed by atoms with Gasteiger partial charge in [-0.05, 0) is 55.4 Å². The number of esters is 1. The molecule has 0 aliphatic carbocycles. The van der Waals surface area contributed by atoms with E-state index in [-0.39, 0.29) is 22.0 Å². The van der Waals surface area contributed by atoms with Gasteiger partial charge in [-0.25, -0.2) is 4.79 Å². The number of hydrogen-bond acceptors (Lipinski definition) is 6. The first kappa shape index (κ1) is 25.5. The van der Waals surface area contributed by atoms with Gasteiger partial charge in [-0.3, -0.25) is 9.59 Å². The molecule has 7 heteroatoms. The summed E-state index contributed by atoms with van der Waals surface area (Å²) in [5.74, 6) is -0.168. The summed E-state index contributed by atoms with van der Waals surface area (Å²) in [6, 6.07) is 24.6. The Balaban J connectivity index is 1.62. The summed E-state index contributed by atoms with van der Waals surface area (Å²) in [6.07, 6.45) is 0. The van der Waals surface area contributed by atoms with Gasteiger partial charge in [0.25, 0.3) is 0 Å². The number of H-pyrrole nitrogens is 1. The summed E-state index contributed by atoms with van der Waals surface area (Å²) in [6.45, 7) is 3.47. The van der Waals surface area contributed by atoms with Crippen molar-refractivity contribution in [1.29, 1.82) is 0 Å². The first-order valence-corrected chi connectivity index (χ1v) is 13.1. The fourth-order valence-corrected chi connectivity index (χ4v) is 5.93. The summed E-state index contributed by atoms with van der Waals surface area (Å²) in [5, 5.41) is -0.151. The highest BCUT2D eigenvalue weighted by Gasteiger charge is 2.28. The van der Waals surface area contributed by atoms with Crippen LogP contribution in [-0.2, 0) is 10.5 Å². The molecule has 5 nitrogen and oxygen atoms in total. The third-order valence-corrected chi connectivity index (χ3v) is 7.80. The Morgan fingerprint density at radius 2 is 1.33 bits per heavy atom. The van der Waals surface area contributed by atoms with Gasteiger partial charge in [0, 0.05) is 38.1 Å². The zero-order valence-electron chi connectivity index (χ0n) is 20.2. The lowest BCUT2D eigenvalue weighted by Gasteiger charge is -2.11. The minimum atomic E-state index is -0.578. The number of rotatable bonds is 8. The second-order valence-electron chi connectivity index (χ2n) is 8.10. The molecular formula is C29H25NO4S2. The summed E-state index contributed by atoms with van der Waals surface area (Å²) in [5.41, 5.74) is 3.74. The van der Waals surface area contributed by atoms with Crippen LogP contribution in [0, 0.1) is 13.8 Å². The van der Waals surface area contributed by atoms with E-state index >= 15 is 0 Å². The summed E-state index contributed by atoms with van der Waals surface area (Å²) in [4.78, 5) is 43.9. The maximum Gasteiger partial charge on any atom is 0.340 e. The van der Waals surface area contributed by atoms with Gasteiger partial charge < -0.3 is 9.72 Å². The van der Waals surface area contributed by atoms with E-state index in [0.717, 1.165) is 22.4 Å². The highest BCUT2D eigenvalue weighted by atomic mass is 32.2. The summed E-state index contributed by atoms with van der Waals surface area (Å²) in [7, 11) is 1.29. The van der Waals surface area contributed by atoms with Gasteiger partial charge >= 0.3 is 5.97 Å². The quantitative estimate of drug-likeness (QED) is 0.157. The van der Waals surface area contributed by atoms with E-state index in [0.29, 0.717) is 27.4 Å². The first-order chi connectivity index (χ1) is 17.4. The number of ether oxygens (including phenoxy) is 1. The van der Waals surface area contributed by atoms with Gasteiger partial charge in [-0.15, -0.1) is 11.8 Å². The minimum absolute atomic E-state index is 0.151. The second kappa shape index (κ2) is 11.5. The fraction of sp³-hybridized carbons (Fsp3) is 0.138. The van der Waals surface area contributed by atoms with Gasteiger partial charge in [0.2, 0.25) is 5.12 Å². The van der Waals surface area contributed by atoms with Crippen LogP contribution in [0.15, 0.2) is 88.7 Å². The Kier molecular flexibility index (Phi) is 8.13. The van der Waals surface area contributed by atoms with Crippen molar-refractivity contribution >= 4 is 40.4 Å². The molecule has 0 atom stereocenters. The molecule has 1 aromatic heterocycles. The smallest absolute Gasteiger partial charge is 0.340 e. The Hall–Kier alpha value is -3.55. The van der Waals surface area contributed by atoms with Crippen molar-refractivity contribution < 1.29 is 19.1 Å². The van der Waals surface area contributed by atoms with Crippen LogP contribution >= 0.6 is 23.5 Å². The topological polar surface area (TPSA) is 76.2 Å². The molecule has 4 aromatic rings. The van der Waals surface area contributed by atoms with Crippen molar-refractivity contribution in [3.8, 4) is 0 Å². The third kappa shape index (κ3) is 5.48. The number of hydrogen-bond donors (Lipinski definition) is 1. The number of carbonyl (C=O) groups excluding carboxylic acids is 3. The highest BCUT2D eigenvalue weighted by Crippen LogP contribution is 2.34. The van der Waals surface area contributed by atoms with Crippen molar-refractivity contribution in [3.63, 3.8) is 0 Å². The summed E-state index contributed by atoms with van der Waals surface area (Å²) >= 11 is 2.62. The lowest BCUT2D eigenvalue weighted by molar-refractivity contribution is 0.0597. The Bertz CT molecular complexity index is 1430. The highest BCUT2D eigenvalue weighted by molar-refractivity contribution is 8.14. The van der Waals surface area contributed by atoms with E-state index in [1.807, 2.05) is 42.5 Å². The monoisotopic (exact) mass is 515 g/mol. The summed E-state index contributed by atoms with van der Waals surface area (Å²) < 4.78 is 4.91. The van der Waals surface area contributed by atoms with Crippen molar-refractivity contribution in [2.24, 2.45) is 0 Å². The average Bonchev–Trinajstić information content (AvgIpc) is 3.21. The molecule has 0 spiro atoms. The molecule has 1 heterocycles. The van der Waals surface area contributed by atoms with Crippen molar-refractivity contribution in [3.05, 3.63) is 118 Å². The van der Waals surface area contributed by atoms with E-state index in [9.17, 15) is 14.4 Å². The Morgan fingerprint density at radius 1 is 0.750 bits per heavy atom. The van der Waals surface area contributed by atoms with Crippen molar-refractivity contribution in [2.75, 3.05) is 7.11 Å². The van der Waals surface area contributed by atoms with Gasteiger partial charge in [0.15, 0.2) is 5.78 Å². The maximum absolute atomic E-state index is 13.6. The molecule has 0 radical (unpaired) electrons. The molecule has 0 aliphatic rings. The SMILES string of the molecule is COC(=O)c1c(C)[nH]c(C)c1C(=O)c1ccccc1SC(=O)c1ccccc1SCc1ccccc1. The van der Waals surface area contributed by atoms with Gasteiger partial charge in [0.05, 0.1) is 18.2 Å². The number of carbonyl (C=O) groups is 3. The standard InChI is InChI=1S/C29H25NO4S2/c1-18-25(26(19(2)30-18)28(32)34-3)27(31)21-13-7-10-16-24(21)36-29(33)22-14-8-9-15-23(22)35-17-20-11-5-4-6-12-20/h4-16,30H,17H2,1-3H3. The number of aryl methyl sites for hydroxylation is 2. The number of methoxy groups -OCH3 is 1. The number of aromatic amines is 1. The van der Waals surface area contributed by atoms with E-state index in [4.69, 9.17) is 4.74 Å². The zero-order chi connectivity index (χ0) is 25.7. The number of nitrogens with one attached hydrogen (secondary N) is 1. The number of benzene rings is 3. The van der Waals surface area contributed by atoms with Crippen molar-refractivity contribution in [2.45, 2.75) is 29.4 Å². The predicted octanol–water partition coefficient (Wildman–Crippen LogP) is 6.87. The molecular weight excluding hydrogens is 490 g/mol. The Labute approximate surface area is 218 Å². The molecule has 3 aromatic carbocycles. The second-order valence-corrected chi connectivity index (χ2v) is 10.1. The van der Waals surface area contributed by atoms with Gasteiger partial charge in [0.1, 0.15) is 0 Å². The lowest BCUT2D eigenvalue weighted by Crippen LogP contribution is -2.12. The molecule has 0 saturated carbocycles. The van der Waals surface area contributed by atoms with E-state index in [2.05, 4.69) is 17.1 Å². The number of aromatic nitrogens is 1. The molecule has 0 saturated heterocycles. The molecule has 0 amide bonds. The largest absolute Gasteiger partial charge is 0.465 e. The Morgan fingerprint density at radius 3 is 2.03 bits per heavy atom. The normalized spacial score (nSPS) is 10.8.